The molecule has 0 heterocycles. The molecule has 5 nitrogen and oxygen atoms in total. The van der Waals surface area contributed by atoms with Crippen molar-refractivity contribution in [2.75, 3.05) is 6.54 Å². The number of nitrogens with one attached hydrogen (secondary N) is 1. The van der Waals surface area contributed by atoms with Crippen LogP contribution in [0.4, 0.5) is 4.79 Å². The molecule has 1 aliphatic carbocycles. The van der Waals surface area contributed by atoms with Gasteiger partial charge in [-0.15, -0.1) is 0 Å². The van der Waals surface area contributed by atoms with Crippen LogP contribution in [0.15, 0.2) is 0 Å². The monoisotopic (exact) mass is 214 g/mol. The van der Waals surface area contributed by atoms with E-state index in [2.05, 4.69) is 5.32 Å². The molecule has 5 heteroatoms. The van der Waals surface area contributed by atoms with E-state index in [1.54, 1.807) is 4.90 Å². The third-order valence-corrected chi connectivity index (χ3v) is 2.23. The normalized spacial score (nSPS) is 15.1. The average molecular weight is 214 g/mol. The van der Waals surface area contributed by atoms with E-state index >= 15 is 0 Å². The van der Waals surface area contributed by atoms with Crippen LogP contribution >= 0.6 is 0 Å². The van der Waals surface area contributed by atoms with Crippen LogP contribution in [0.1, 0.15) is 33.1 Å². The Balaban J connectivity index is 2.42. The van der Waals surface area contributed by atoms with Crippen molar-refractivity contribution in [3.05, 3.63) is 0 Å². The van der Waals surface area contributed by atoms with Crippen LogP contribution in [0.25, 0.3) is 0 Å². The first kappa shape index (κ1) is 11.8. The lowest BCUT2D eigenvalue weighted by atomic mass is 10.3. The fraction of sp³-hybridized carbons (Fsp3) is 0.800. The zero-order valence-electron chi connectivity index (χ0n) is 9.19. The van der Waals surface area contributed by atoms with E-state index in [9.17, 15) is 9.59 Å². The maximum atomic E-state index is 11.7. The highest BCUT2D eigenvalue weighted by Gasteiger charge is 2.32. The van der Waals surface area contributed by atoms with E-state index in [1.807, 2.05) is 13.8 Å². The van der Waals surface area contributed by atoms with Crippen molar-refractivity contribution < 1.29 is 14.7 Å². The summed E-state index contributed by atoms with van der Waals surface area (Å²) in [6.07, 6.45) is 2.00. The number of carboxylic acids is 1. The van der Waals surface area contributed by atoms with E-state index in [0.717, 1.165) is 12.8 Å². The number of hydrogen-bond acceptors (Lipinski definition) is 2. The second-order valence-electron chi connectivity index (χ2n) is 4.17. The molecular weight excluding hydrogens is 196 g/mol. The molecule has 0 radical (unpaired) electrons. The highest BCUT2D eigenvalue weighted by molar-refractivity contribution is 5.76. The summed E-state index contributed by atoms with van der Waals surface area (Å²) in [5.74, 6) is -0.863. The number of urea groups is 1. The number of amides is 2. The van der Waals surface area contributed by atoms with Crippen LogP contribution in [0, 0.1) is 0 Å². The van der Waals surface area contributed by atoms with Gasteiger partial charge in [-0.2, -0.15) is 0 Å². The third-order valence-electron chi connectivity index (χ3n) is 2.23. The summed E-state index contributed by atoms with van der Waals surface area (Å²) in [6.45, 7) is 4.08. The minimum atomic E-state index is -0.863. The van der Waals surface area contributed by atoms with E-state index in [0.29, 0.717) is 6.54 Å². The summed E-state index contributed by atoms with van der Waals surface area (Å²) in [5.41, 5.74) is 0. The van der Waals surface area contributed by atoms with Gasteiger partial charge in [-0.3, -0.25) is 4.79 Å². The summed E-state index contributed by atoms with van der Waals surface area (Å²) >= 11 is 0. The first-order valence-corrected chi connectivity index (χ1v) is 5.29. The Morgan fingerprint density at radius 3 is 2.47 bits per heavy atom. The van der Waals surface area contributed by atoms with Crippen LogP contribution in [-0.2, 0) is 4.79 Å². The summed E-state index contributed by atoms with van der Waals surface area (Å²) < 4.78 is 0. The molecule has 2 amide bonds. The topological polar surface area (TPSA) is 69.6 Å². The highest BCUT2D eigenvalue weighted by atomic mass is 16.4. The molecule has 1 saturated carbocycles. The second kappa shape index (κ2) is 5.00. The van der Waals surface area contributed by atoms with Crippen molar-refractivity contribution in [1.82, 2.24) is 10.2 Å². The van der Waals surface area contributed by atoms with E-state index < -0.39 is 5.97 Å². The standard InChI is InChI=1S/C10H18N2O3/c1-7(2)11-10(15)12(8-3-4-8)6-5-9(13)14/h7-8H,3-6H2,1-2H3,(H,11,15)(H,13,14). The van der Waals surface area contributed by atoms with Gasteiger partial charge in [-0.25, -0.2) is 4.79 Å². The van der Waals surface area contributed by atoms with Gasteiger partial charge in [0.25, 0.3) is 0 Å². The van der Waals surface area contributed by atoms with Crippen LogP contribution in [0.3, 0.4) is 0 Å². The molecule has 0 spiro atoms. The third kappa shape index (κ3) is 4.18. The Morgan fingerprint density at radius 2 is 2.07 bits per heavy atom. The molecule has 0 atom stereocenters. The fourth-order valence-electron chi connectivity index (χ4n) is 1.38. The number of nitrogens with zero attached hydrogens (tertiary/aromatic N) is 1. The second-order valence-corrected chi connectivity index (χ2v) is 4.17. The zero-order chi connectivity index (χ0) is 11.4. The summed E-state index contributed by atoms with van der Waals surface area (Å²) in [6, 6.07) is 0.195. The molecule has 0 bridgehead atoms. The van der Waals surface area contributed by atoms with E-state index in [-0.39, 0.29) is 24.5 Å². The lowest BCUT2D eigenvalue weighted by molar-refractivity contribution is -0.137. The molecule has 0 unspecified atom stereocenters. The molecule has 2 N–H and O–H groups in total. The van der Waals surface area contributed by atoms with Gasteiger partial charge in [-0.1, -0.05) is 0 Å². The smallest absolute Gasteiger partial charge is 0.317 e. The maximum absolute atomic E-state index is 11.7. The van der Waals surface area contributed by atoms with Crippen LogP contribution in [0.2, 0.25) is 0 Å². The first-order valence-electron chi connectivity index (χ1n) is 5.29. The minimum absolute atomic E-state index is 0.0159. The van der Waals surface area contributed by atoms with Crippen molar-refractivity contribution in [3.8, 4) is 0 Å². The molecule has 1 aliphatic rings. The number of carboxylic acid groups (broad SMARTS) is 1. The van der Waals surface area contributed by atoms with Gasteiger partial charge in [-0.05, 0) is 26.7 Å². The maximum Gasteiger partial charge on any atom is 0.317 e. The Kier molecular flexibility index (Phi) is 3.94. The number of hydrogen-bond donors (Lipinski definition) is 2. The minimum Gasteiger partial charge on any atom is -0.481 e. The van der Waals surface area contributed by atoms with E-state index in [1.165, 1.54) is 0 Å². The zero-order valence-corrected chi connectivity index (χ0v) is 9.19. The summed E-state index contributed by atoms with van der Waals surface area (Å²) in [7, 11) is 0. The van der Waals surface area contributed by atoms with Gasteiger partial charge in [0, 0.05) is 18.6 Å². The largest absolute Gasteiger partial charge is 0.481 e. The predicted molar refractivity (Wildman–Crippen MR) is 55.6 cm³/mol. The Morgan fingerprint density at radius 1 is 1.47 bits per heavy atom. The molecule has 1 rings (SSSR count). The van der Waals surface area contributed by atoms with Gasteiger partial charge in [0.1, 0.15) is 0 Å². The van der Waals surface area contributed by atoms with Crippen LogP contribution in [0.5, 0.6) is 0 Å². The number of rotatable bonds is 5. The van der Waals surface area contributed by atoms with Crippen molar-refractivity contribution in [2.45, 2.75) is 45.2 Å². The van der Waals surface area contributed by atoms with E-state index in [4.69, 9.17) is 5.11 Å². The van der Waals surface area contributed by atoms with Gasteiger partial charge < -0.3 is 15.3 Å². The number of carbonyl (C=O) groups is 2. The van der Waals surface area contributed by atoms with Gasteiger partial charge in [0.2, 0.25) is 0 Å². The highest BCUT2D eigenvalue weighted by Crippen LogP contribution is 2.26. The molecular formula is C10H18N2O3. The van der Waals surface area contributed by atoms with Crippen LogP contribution < -0.4 is 5.32 Å². The van der Waals surface area contributed by atoms with Crippen molar-refractivity contribution in [3.63, 3.8) is 0 Å². The number of carbonyl (C=O) groups excluding carboxylic acids is 1. The Bertz CT molecular complexity index is 249. The number of aliphatic carboxylic acids is 1. The lowest BCUT2D eigenvalue weighted by Gasteiger charge is -2.23. The molecule has 0 aliphatic heterocycles. The SMILES string of the molecule is CC(C)NC(=O)N(CCC(=O)O)C1CC1. The summed E-state index contributed by atoms with van der Waals surface area (Å²) in [4.78, 5) is 23.7. The van der Waals surface area contributed by atoms with Crippen LogP contribution in [-0.4, -0.2) is 40.6 Å². The van der Waals surface area contributed by atoms with Gasteiger partial charge >= 0.3 is 12.0 Å². The van der Waals surface area contributed by atoms with Gasteiger partial charge in [0.15, 0.2) is 0 Å². The summed E-state index contributed by atoms with van der Waals surface area (Å²) in [5, 5.41) is 11.4. The molecule has 0 aromatic rings. The van der Waals surface area contributed by atoms with Crippen molar-refractivity contribution in [1.29, 1.82) is 0 Å². The van der Waals surface area contributed by atoms with Crippen molar-refractivity contribution in [2.24, 2.45) is 0 Å². The van der Waals surface area contributed by atoms with Crippen molar-refractivity contribution >= 4 is 12.0 Å². The lowest BCUT2D eigenvalue weighted by Crippen LogP contribution is -2.44. The Hall–Kier alpha value is -1.26. The molecule has 0 aromatic carbocycles. The van der Waals surface area contributed by atoms with Gasteiger partial charge in [0.05, 0.1) is 6.42 Å². The average Bonchev–Trinajstić information content (AvgIpc) is 2.86. The molecule has 1 fully saturated rings. The predicted octanol–water partition coefficient (Wildman–Crippen LogP) is 1.04. The molecule has 86 valence electrons. The molecule has 0 aromatic heterocycles. The first-order chi connectivity index (χ1) is 7.00. The molecule has 15 heavy (non-hydrogen) atoms. The Labute approximate surface area is 89.4 Å². The fourth-order valence-corrected chi connectivity index (χ4v) is 1.38. The quantitative estimate of drug-likeness (QED) is 0.718. The molecule has 0 saturated heterocycles.